The summed E-state index contributed by atoms with van der Waals surface area (Å²) in [4.78, 5) is 35.1. The standard InChI is InChI=1S/C22H32N4O2/c1-15-23-14-19(22(28)26(2)3)21(25-15)18-10-8-17(9-11-18)13-24-20(27)12-16-6-4-5-7-16/h4,6,14,16-18H,5,7-13H2,1-3H3,(H,24,27)/t16-,17?,18?/m0/s1. The van der Waals surface area contributed by atoms with Crippen molar-refractivity contribution < 1.29 is 9.59 Å². The molecule has 3 rings (SSSR count). The Morgan fingerprint density at radius 3 is 2.57 bits per heavy atom. The van der Waals surface area contributed by atoms with Gasteiger partial charge in [-0.25, -0.2) is 9.97 Å². The number of nitrogens with zero attached hydrogens (tertiary/aromatic N) is 3. The summed E-state index contributed by atoms with van der Waals surface area (Å²) < 4.78 is 0. The predicted octanol–water partition coefficient (Wildman–Crippen LogP) is 3.23. The third-order valence-electron chi connectivity index (χ3n) is 5.96. The van der Waals surface area contributed by atoms with Crippen LogP contribution < -0.4 is 5.32 Å². The van der Waals surface area contributed by atoms with E-state index in [4.69, 9.17) is 0 Å². The highest BCUT2D eigenvalue weighted by atomic mass is 16.2. The van der Waals surface area contributed by atoms with Crippen molar-refractivity contribution in [3.05, 3.63) is 35.4 Å². The Balaban J connectivity index is 1.52. The van der Waals surface area contributed by atoms with Crippen molar-refractivity contribution in [3.8, 4) is 0 Å². The lowest BCUT2D eigenvalue weighted by Gasteiger charge is -2.29. The summed E-state index contributed by atoms with van der Waals surface area (Å²) in [5, 5.41) is 3.13. The van der Waals surface area contributed by atoms with E-state index in [1.54, 1.807) is 25.2 Å². The number of amides is 2. The molecule has 152 valence electrons. The fraction of sp³-hybridized carbons (Fsp3) is 0.636. The zero-order valence-corrected chi connectivity index (χ0v) is 17.3. The van der Waals surface area contributed by atoms with Crippen LogP contribution >= 0.6 is 0 Å². The van der Waals surface area contributed by atoms with Crippen LogP contribution in [0.2, 0.25) is 0 Å². The van der Waals surface area contributed by atoms with Gasteiger partial charge in [-0.1, -0.05) is 12.2 Å². The number of hydrogen-bond donors (Lipinski definition) is 1. The first-order chi connectivity index (χ1) is 13.4. The van der Waals surface area contributed by atoms with Crippen molar-refractivity contribution in [1.29, 1.82) is 0 Å². The molecule has 0 aliphatic heterocycles. The summed E-state index contributed by atoms with van der Waals surface area (Å²) in [5.74, 6) is 2.06. The minimum atomic E-state index is -0.0367. The molecular weight excluding hydrogens is 352 g/mol. The van der Waals surface area contributed by atoms with Gasteiger partial charge in [0.15, 0.2) is 0 Å². The average Bonchev–Trinajstić information content (AvgIpc) is 3.19. The predicted molar refractivity (Wildman–Crippen MR) is 109 cm³/mol. The minimum absolute atomic E-state index is 0.0367. The van der Waals surface area contributed by atoms with Crippen molar-refractivity contribution in [3.63, 3.8) is 0 Å². The Hall–Kier alpha value is -2.24. The molecule has 1 aromatic rings. The van der Waals surface area contributed by atoms with Crippen LogP contribution in [-0.4, -0.2) is 47.3 Å². The topological polar surface area (TPSA) is 75.2 Å². The second-order valence-corrected chi connectivity index (χ2v) is 8.41. The molecule has 1 atom stereocenters. The molecule has 6 nitrogen and oxygen atoms in total. The third kappa shape index (κ3) is 5.18. The summed E-state index contributed by atoms with van der Waals surface area (Å²) in [6.45, 7) is 2.63. The van der Waals surface area contributed by atoms with Crippen LogP contribution in [0, 0.1) is 18.8 Å². The summed E-state index contributed by atoms with van der Waals surface area (Å²) in [7, 11) is 3.51. The van der Waals surface area contributed by atoms with Crippen LogP contribution in [0.25, 0.3) is 0 Å². The smallest absolute Gasteiger partial charge is 0.256 e. The van der Waals surface area contributed by atoms with Crippen molar-refractivity contribution in [2.45, 2.75) is 57.8 Å². The molecule has 2 aliphatic carbocycles. The zero-order chi connectivity index (χ0) is 20.1. The van der Waals surface area contributed by atoms with Gasteiger partial charge in [-0.05, 0) is 57.3 Å². The number of rotatable bonds is 6. The number of carbonyl (C=O) groups is 2. The Kier molecular flexibility index (Phi) is 6.81. The summed E-state index contributed by atoms with van der Waals surface area (Å²) in [5.41, 5.74) is 1.51. The van der Waals surface area contributed by atoms with Crippen LogP contribution in [0.4, 0.5) is 0 Å². The highest BCUT2D eigenvalue weighted by Crippen LogP contribution is 2.36. The second-order valence-electron chi connectivity index (χ2n) is 8.41. The molecule has 28 heavy (non-hydrogen) atoms. The van der Waals surface area contributed by atoms with Crippen LogP contribution in [-0.2, 0) is 4.79 Å². The van der Waals surface area contributed by atoms with E-state index < -0.39 is 0 Å². The molecule has 2 aliphatic rings. The van der Waals surface area contributed by atoms with Gasteiger partial charge in [-0.3, -0.25) is 9.59 Å². The van der Waals surface area contributed by atoms with Crippen molar-refractivity contribution in [1.82, 2.24) is 20.2 Å². The lowest BCUT2D eigenvalue weighted by Crippen LogP contribution is -2.32. The van der Waals surface area contributed by atoms with E-state index in [9.17, 15) is 9.59 Å². The molecular formula is C22H32N4O2. The maximum Gasteiger partial charge on any atom is 0.256 e. The van der Waals surface area contributed by atoms with E-state index in [1.807, 2.05) is 6.92 Å². The molecule has 1 heterocycles. The van der Waals surface area contributed by atoms with Gasteiger partial charge in [0.05, 0.1) is 11.3 Å². The van der Waals surface area contributed by atoms with Crippen molar-refractivity contribution >= 4 is 11.8 Å². The Labute approximate surface area is 167 Å². The van der Waals surface area contributed by atoms with E-state index in [1.165, 1.54) is 0 Å². The Morgan fingerprint density at radius 2 is 1.93 bits per heavy atom. The number of hydrogen-bond acceptors (Lipinski definition) is 4. The maximum absolute atomic E-state index is 12.5. The Bertz CT molecular complexity index is 736. The van der Waals surface area contributed by atoms with Crippen molar-refractivity contribution in [2.24, 2.45) is 11.8 Å². The number of nitrogens with one attached hydrogen (secondary N) is 1. The second kappa shape index (κ2) is 9.30. The van der Waals surface area contributed by atoms with Gasteiger partial charge in [0.2, 0.25) is 5.91 Å². The number of aromatic nitrogens is 2. The van der Waals surface area contributed by atoms with Gasteiger partial charge >= 0.3 is 0 Å². The number of allylic oxidation sites excluding steroid dienone is 2. The Morgan fingerprint density at radius 1 is 1.18 bits per heavy atom. The highest BCUT2D eigenvalue weighted by molar-refractivity contribution is 5.94. The van der Waals surface area contributed by atoms with Gasteiger partial charge in [-0.2, -0.15) is 0 Å². The van der Waals surface area contributed by atoms with Gasteiger partial charge in [0.1, 0.15) is 5.82 Å². The largest absolute Gasteiger partial charge is 0.356 e. The monoisotopic (exact) mass is 384 g/mol. The maximum atomic E-state index is 12.5. The van der Waals surface area contributed by atoms with Gasteiger partial charge in [0, 0.05) is 39.2 Å². The first-order valence-corrected chi connectivity index (χ1v) is 10.4. The van der Waals surface area contributed by atoms with Gasteiger partial charge in [0.25, 0.3) is 5.91 Å². The zero-order valence-electron chi connectivity index (χ0n) is 17.3. The first kappa shape index (κ1) is 20.5. The lowest BCUT2D eigenvalue weighted by molar-refractivity contribution is -0.121. The molecule has 6 heteroatoms. The van der Waals surface area contributed by atoms with Crippen molar-refractivity contribution in [2.75, 3.05) is 20.6 Å². The summed E-state index contributed by atoms with van der Waals surface area (Å²) in [6, 6.07) is 0. The molecule has 0 saturated heterocycles. The first-order valence-electron chi connectivity index (χ1n) is 10.4. The SMILES string of the molecule is Cc1ncc(C(=O)N(C)C)c(C2CCC(CNC(=O)C[C@H]3C=CCC3)CC2)n1. The normalized spacial score (nSPS) is 24.2. The molecule has 1 aromatic heterocycles. The highest BCUT2D eigenvalue weighted by Gasteiger charge is 2.28. The molecule has 0 radical (unpaired) electrons. The van der Waals surface area contributed by atoms with Crippen LogP contribution in [0.1, 0.15) is 72.7 Å². The molecule has 0 unspecified atom stereocenters. The molecule has 1 saturated carbocycles. The van der Waals surface area contributed by atoms with Crippen LogP contribution in [0.3, 0.4) is 0 Å². The van der Waals surface area contributed by atoms with Gasteiger partial charge < -0.3 is 10.2 Å². The third-order valence-corrected chi connectivity index (χ3v) is 5.96. The summed E-state index contributed by atoms with van der Waals surface area (Å²) in [6.07, 6.45) is 12.9. The fourth-order valence-electron chi connectivity index (χ4n) is 4.28. The van der Waals surface area contributed by atoms with E-state index in [2.05, 4.69) is 27.4 Å². The molecule has 1 fully saturated rings. The van der Waals surface area contributed by atoms with E-state index in [0.29, 0.717) is 29.6 Å². The number of aryl methyl sites for hydroxylation is 1. The average molecular weight is 385 g/mol. The number of carbonyl (C=O) groups excluding carboxylic acids is 2. The van der Waals surface area contributed by atoms with Gasteiger partial charge in [-0.15, -0.1) is 0 Å². The van der Waals surface area contributed by atoms with Crippen LogP contribution in [0.15, 0.2) is 18.3 Å². The van der Waals surface area contributed by atoms with Crippen LogP contribution in [0.5, 0.6) is 0 Å². The molecule has 1 N–H and O–H groups in total. The van der Waals surface area contributed by atoms with E-state index in [-0.39, 0.29) is 17.7 Å². The fourth-order valence-corrected chi connectivity index (χ4v) is 4.28. The molecule has 2 amide bonds. The minimum Gasteiger partial charge on any atom is -0.356 e. The van der Waals surface area contributed by atoms with E-state index >= 15 is 0 Å². The van der Waals surface area contributed by atoms with E-state index in [0.717, 1.165) is 50.8 Å². The quantitative estimate of drug-likeness (QED) is 0.764. The summed E-state index contributed by atoms with van der Waals surface area (Å²) >= 11 is 0. The molecule has 0 bridgehead atoms. The lowest BCUT2D eigenvalue weighted by atomic mass is 9.79. The molecule has 0 spiro atoms. The molecule has 0 aromatic carbocycles.